The molecule has 7 heteroatoms. The van der Waals surface area contributed by atoms with E-state index in [1.807, 2.05) is 0 Å². The fraction of sp³-hybridized carbons (Fsp3) is 0.154. The lowest BCUT2D eigenvalue weighted by atomic mass is 9.94. The Balaban J connectivity index is 1.68. The van der Waals surface area contributed by atoms with Crippen LogP contribution in [0.4, 0.5) is 10.1 Å². The number of aliphatic hydroxyl groups excluding tert-OH is 1. The van der Waals surface area contributed by atoms with Gasteiger partial charge in [0.2, 0.25) is 0 Å². The van der Waals surface area contributed by atoms with Gasteiger partial charge >= 0.3 is 0 Å². The zero-order chi connectivity index (χ0) is 23.1. The van der Waals surface area contributed by atoms with Crippen molar-refractivity contribution in [2.24, 2.45) is 0 Å². The lowest BCUT2D eigenvalue weighted by Gasteiger charge is -2.25. The highest BCUT2D eigenvalue weighted by Crippen LogP contribution is 2.43. The second-order valence-electron chi connectivity index (χ2n) is 7.84. The number of ether oxygens (including phenoxy) is 2. The average Bonchev–Trinajstić information content (AvgIpc) is 3.41. The Kier molecular flexibility index (Phi) is 5.09. The minimum atomic E-state index is -0.927. The smallest absolute Gasteiger partial charge is 0.300 e. The van der Waals surface area contributed by atoms with Gasteiger partial charge in [-0.2, -0.15) is 0 Å². The van der Waals surface area contributed by atoms with E-state index in [9.17, 15) is 19.1 Å². The summed E-state index contributed by atoms with van der Waals surface area (Å²) in [4.78, 5) is 27.6. The fourth-order valence-electron chi connectivity index (χ4n) is 4.29. The van der Waals surface area contributed by atoms with Crippen molar-refractivity contribution in [3.05, 3.63) is 94.8 Å². The van der Waals surface area contributed by atoms with Crippen LogP contribution >= 0.6 is 0 Å². The van der Waals surface area contributed by atoms with Crippen LogP contribution in [0, 0.1) is 5.82 Å². The van der Waals surface area contributed by atoms with Crippen LogP contribution in [0.2, 0.25) is 0 Å². The number of benzene rings is 3. The molecule has 1 N–H and O–H groups in total. The largest absolute Gasteiger partial charge is 0.507 e. The molecule has 0 radical (unpaired) electrons. The van der Waals surface area contributed by atoms with Crippen molar-refractivity contribution in [2.75, 3.05) is 18.6 Å². The second-order valence-corrected chi connectivity index (χ2v) is 7.84. The molecule has 0 bridgehead atoms. The quantitative estimate of drug-likeness (QED) is 0.366. The van der Waals surface area contributed by atoms with Crippen molar-refractivity contribution in [1.29, 1.82) is 0 Å². The zero-order valence-corrected chi connectivity index (χ0v) is 17.7. The number of Topliss-reactive ketones (excluding diaryl/α,β-unsaturated/α-hetero) is 1. The normalized spacial score (nSPS) is 18.8. The van der Waals surface area contributed by atoms with Gasteiger partial charge in [0, 0.05) is 17.7 Å². The number of rotatable bonds is 4. The summed E-state index contributed by atoms with van der Waals surface area (Å²) in [5, 5.41) is 11.2. The molecular weight excluding hydrogens is 425 g/mol. The van der Waals surface area contributed by atoms with Crippen LogP contribution in [-0.4, -0.2) is 30.5 Å². The highest BCUT2D eigenvalue weighted by molar-refractivity contribution is 6.51. The van der Waals surface area contributed by atoms with Gasteiger partial charge in [-0.05, 0) is 65.7 Å². The number of hydrogen-bond acceptors (Lipinski definition) is 5. The minimum absolute atomic E-state index is 0.0544. The Bertz CT molecular complexity index is 1280. The summed E-state index contributed by atoms with van der Waals surface area (Å²) >= 11 is 0. The number of ketones is 1. The van der Waals surface area contributed by atoms with Crippen LogP contribution in [0.1, 0.15) is 22.7 Å². The lowest BCUT2D eigenvalue weighted by Crippen LogP contribution is -2.29. The molecule has 2 aliphatic rings. The molecule has 0 aliphatic carbocycles. The maximum Gasteiger partial charge on any atom is 0.300 e. The molecule has 0 aromatic heterocycles. The SMILES string of the molecule is COc1ccc(N2C(=O)C(=O)/C(=C(\O)c3ccc4c(c3)CCO4)C2c2ccc(F)cc2)cc1. The molecule has 3 aromatic carbocycles. The predicted molar refractivity (Wildman–Crippen MR) is 120 cm³/mol. The Labute approximate surface area is 189 Å². The number of halogens is 1. The highest BCUT2D eigenvalue weighted by Gasteiger charge is 2.47. The number of hydrogen-bond donors (Lipinski definition) is 1. The van der Waals surface area contributed by atoms with Gasteiger partial charge in [0.15, 0.2) is 0 Å². The molecule has 166 valence electrons. The monoisotopic (exact) mass is 445 g/mol. The number of aliphatic hydroxyl groups is 1. The average molecular weight is 445 g/mol. The van der Waals surface area contributed by atoms with Crippen molar-refractivity contribution < 1.29 is 28.6 Å². The van der Waals surface area contributed by atoms with Crippen LogP contribution < -0.4 is 14.4 Å². The van der Waals surface area contributed by atoms with E-state index >= 15 is 0 Å². The van der Waals surface area contributed by atoms with Gasteiger partial charge in [-0.25, -0.2) is 4.39 Å². The molecule has 1 fully saturated rings. The van der Waals surface area contributed by atoms with Crippen LogP contribution in [0.15, 0.2) is 72.3 Å². The fourth-order valence-corrected chi connectivity index (χ4v) is 4.29. The molecule has 5 rings (SSSR count). The van der Waals surface area contributed by atoms with E-state index in [0.29, 0.717) is 35.6 Å². The molecule has 1 unspecified atom stereocenters. The first kappa shape index (κ1) is 20.8. The Morgan fingerprint density at radius 2 is 1.79 bits per heavy atom. The maximum atomic E-state index is 13.6. The standard InChI is InChI=1S/C26H20FNO5/c1-32-20-9-7-19(8-10-20)28-23(15-2-5-18(27)6-3-15)22(25(30)26(28)31)24(29)17-4-11-21-16(14-17)12-13-33-21/h2-11,14,23,29H,12-13H2,1H3/b24-22-. The van der Waals surface area contributed by atoms with E-state index in [0.717, 1.165) is 11.3 Å². The highest BCUT2D eigenvalue weighted by atomic mass is 19.1. The first-order valence-corrected chi connectivity index (χ1v) is 10.4. The first-order valence-electron chi connectivity index (χ1n) is 10.4. The number of carbonyl (C=O) groups excluding carboxylic acids is 2. The Morgan fingerprint density at radius 1 is 1.06 bits per heavy atom. The van der Waals surface area contributed by atoms with Gasteiger partial charge in [0.05, 0.1) is 25.3 Å². The van der Waals surface area contributed by atoms with Crippen LogP contribution in [0.25, 0.3) is 5.76 Å². The number of anilines is 1. The van der Waals surface area contributed by atoms with E-state index < -0.39 is 23.5 Å². The van der Waals surface area contributed by atoms with Crippen molar-refractivity contribution in [1.82, 2.24) is 0 Å². The van der Waals surface area contributed by atoms with Crippen LogP contribution in [-0.2, 0) is 16.0 Å². The van der Waals surface area contributed by atoms with E-state index in [4.69, 9.17) is 9.47 Å². The Hall–Kier alpha value is -4.13. The minimum Gasteiger partial charge on any atom is -0.507 e. The third-order valence-corrected chi connectivity index (χ3v) is 5.94. The Morgan fingerprint density at radius 3 is 2.48 bits per heavy atom. The molecule has 2 heterocycles. The van der Waals surface area contributed by atoms with Gasteiger partial charge in [0.1, 0.15) is 23.1 Å². The molecule has 2 aliphatic heterocycles. The van der Waals surface area contributed by atoms with Crippen molar-refractivity contribution in [3.63, 3.8) is 0 Å². The van der Waals surface area contributed by atoms with Gasteiger partial charge in [-0.15, -0.1) is 0 Å². The second kappa shape index (κ2) is 8.09. The molecule has 1 saturated heterocycles. The summed E-state index contributed by atoms with van der Waals surface area (Å²) in [6.45, 7) is 0.553. The van der Waals surface area contributed by atoms with Gasteiger partial charge in [0.25, 0.3) is 11.7 Å². The number of fused-ring (bicyclic) bond motifs is 1. The van der Waals surface area contributed by atoms with Crippen molar-refractivity contribution >= 4 is 23.1 Å². The maximum absolute atomic E-state index is 13.6. The number of methoxy groups -OCH3 is 1. The molecule has 6 nitrogen and oxygen atoms in total. The topological polar surface area (TPSA) is 76.1 Å². The summed E-state index contributed by atoms with van der Waals surface area (Å²) in [5.74, 6) is -0.989. The van der Waals surface area contributed by atoms with Crippen LogP contribution in [0.3, 0.4) is 0 Å². The lowest BCUT2D eigenvalue weighted by molar-refractivity contribution is -0.132. The number of nitrogens with zero attached hydrogens (tertiary/aromatic N) is 1. The van der Waals surface area contributed by atoms with E-state index in [2.05, 4.69) is 0 Å². The van der Waals surface area contributed by atoms with E-state index in [1.165, 1.54) is 36.3 Å². The van der Waals surface area contributed by atoms with Crippen molar-refractivity contribution in [2.45, 2.75) is 12.5 Å². The summed E-state index contributed by atoms with van der Waals surface area (Å²) in [6.07, 6.45) is 0.692. The summed E-state index contributed by atoms with van der Waals surface area (Å²) in [5.41, 5.74) is 2.23. The third kappa shape index (κ3) is 3.51. The molecule has 1 amide bonds. The molecule has 0 spiro atoms. The van der Waals surface area contributed by atoms with Crippen molar-refractivity contribution in [3.8, 4) is 11.5 Å². The molecule has 3 aromatic rings. The van der Waals surface area contributed by atoms with Gasteiger partial charge in [-0.1, -0.05) is 12.1 Å². The summed E-state index contributed by atoms with van der Waals surface area (Å²) in [6, 6.07) is 16.4. The molecule has 1 atom stereocenters. The van der Waals surface area contributed by atoms with Gasteiger partial charge in [-0.3, -0.25) is 14.5 Å². The predicted octanol–water partition coefficient (Wildman–Crippen LogP) is 4.40. The number of amides is 1. The third-order valence-electron chi connectivity index (χ3n) is 5.94. The van der Waals surface area contributed by atoms with Gasteiger partial charge < -0.3 is 14.6 Å². The van der Waals surface area contributed by atoms with E-state index in [-0.39, 0.29) is 11.3 Å². The molecule has 0 saturated carbocycles. The zero-order valence-electron chi connectivity index (χ0n) is 17.7. The summed E-state index contributed by atoms with van der Waals surface area (Å²) in [7, 11) is 1.53. The first-order chi connectivity index (χ1) is 16.0. The van der Waals surface area contributed by atoms with E-state index in [1.54, 1.807) is 42.5 Å². The molecule has 33 heavy (non-hydrogen) atoms. The summed E-state index contributed by atoms with van der Waals surface area (Å²) < 4.78 is 24.3. The molecular formula is C26H20FNO5. The van der Waals surface area contributed by atoms with Crippen LogP contribution in [0.5, 0.6) is 11.5 Å². The number of carbonyl (C=O) groups is 2.